The van der Waals surface area contributed by atoms with Gasteiger partial charge in [-0.3, -0.25) is 19.3 Å². The van der Waals surface area contributed by atoms with Crippen molar-refractivity contribution in [3.05, 3.63) is 0 Å². The normalized spacial score (nSPS) is 28.5. The van der Waals surface area contributed by atoms with Crippen molar-refractivity contribution in [1.82, 2.24) is 15.5 Å². The number of urea groups is 1. The molecule has 3 rings (SSSR count). The van der Waals surface area contributed by atoms with Crippen LogP contribution in [0.2, 0.25) is 0 Å². The van der Waals surface area contributed by atoms with Crippen molar-refractivity contribution in [3.8, 4) is 0 Å². The number of carbonyl (C=O) groups is 4. The highest BCUT2D eigenvalue weighted by Crippen LogP contribution is 2.43. The van der Waals surface area contributed by atoms with Crippen LogP contribution in [0.1, 0.15) is 79.1 Å². The molecule has 1 saturated heterocycles. The molecule has 3 fully saturated rings. The third-order valence-electron chi connectivity index (χ3n) is 6.98. The summed E-state index contributed by atoms with van der Waals surface area (Å²) >= 11 is 0. The minimum atomic E-state index is -0.963. The van der Waals surface area contributed by atoms with E-state index in [1.165, 1.54) is 6.92 Å². The zero-order valence-electron chi connectivity index (χ0n) is 18.6. The van der Waals surface area contributed by atoms with Crippen LogP contribution in [0.4, 0.5) is 4.79 Å². The lowest BCUT2D eigenvalue weighted by atomic mass is 9.67. The number of amides is 4. The Morgan fingerprint density at radius 1 is 1.17 bits per heavy atom. The molecular weight excluding hydrogens is 386 g/mol. The summed E-state index contributed by atoms with van der Waals surface area (Å²) in [5.74, 6) is -0.969. The summed E-state index contributed by atoms with van der Waals surface area (Å²) in [6.45, 7) is 7.60. The Morgan fingerprint density at radius 2 is 1.77 bits per heavy atom. The fraction of sp³-hybridized carbons (Fsp3) is 0.818. The van der Waals surface area contributed by atoms with E-state index in [0.717, 1.165) is 43.4 Å². The fourth-order valence-corrected chi connectivity index (χ4v) is 4.94. The Bertz CT molecular complexity index is 700. The lowest BCUT2D eigenvalue weighted by molar-refractivity contribution is -0.157. The molecule has 1 heterocycles. The first kappa shape index (κ1) is 22.6. The van der Waals surface area contributed by atoms with Crippen LogP contribution in [-0.4, -0.2) is 52.9 Å². The number of rotatable bonds is 5. The summed E-state index contributed by atoms with van der Waals surface area (Å²) in [5.41, 5.74) is -0.753. The van der Waals surface area contributed by atoms with Gasteiger partial charge in [-0.2, -0.15) is 0 Å². The number of imide groups is 1. The molecule has 0 radical (unpaired) electrons. The molecule has 30 heavy (non-hydrogen) atoms. The summed E-state index contributed by atoms with van der Waals surface area (Å²) < 4.78 is 5.19. The predicted octanol–water partition coefficient (Wildman–Crippen LogP) is 2.50. The SMILES string of the molecule is CC(OC(=O)CN1C(=O)NC2(CCC(C(C)(C)C)CC2)C1=O)C(=O)NC1CCCC1. The third-order valence-corrected chi connectivity index (χ3v) is 6.98. The molecule has 1 unspecified atom stereocenters. The zero-order chi connectivity index (χ0) is 22.1. The number of nitrogens with one attached hydrogen (secondary N) is 2. The number of ether oxygens (including phenoxy) is 1. The molecule has 0 aromatic heterocycles. The second-order valence-corrected chi connectivity index (χ2v) is 10.2. The Balaban J connectivity index is 1.52. The van der Waals surface area contributed by atoms with Gasteiger partial charge >= 0.3 is 12.0 Å². The molecule has 2 aliphatic carbocycles. The van der Waals surface area contributed by atoms with Gasteiger partial charge in [-0.25, -0.2) is 4.79 Å². The molecule has 8 heteroatoms. The van der Waals surface area contributed by atoms with Gasteiger partial charge in [0.25, 0.3) is 11.8 Å². The van der Waals surface area contributed by atoms with E-state index in [1.54, 1.807) is 0 Å². The van der Waals surface area contributed by atoms with Crippen LogP contribution in [0.5, 0.6) is 0 Å². The Kier molecular flexibility index (Phi) is 6.43. The van der Waals surface area contributed by atoms with E-state index in [2.05, 4.69) is 31.4 Å². The zero-order valence-corrected chi connectivity index (χ0v) is 18.6. The molecule has 3 aliphatic rings. The highest BCUT2D eigenvalue weighted by atomic mass is 16.5. The predicted molar refractivity (Wildman–Crippen MR) is 110 cm³/mol. The quantitative estimate of drug-likeness (QED) is 0.524. The van der Waals surface area contributed by atoms with Crippen molar-refractivity contribution >= 4 is 23.8 Å². The van der Waals surface area contributed by atoms with Crippen LogP contribution in [0, 0.1) is 11.3 Å². The lowest BCUT2D eigenvalue weighted by Crippen LogP contribution is -2.51. The summed E-state index contributed by atoms with van der Waals surface area (Å²) in [7, 11) is 0. The molecule has 0 aromatic carbocycles. The lowest BCUT2D eigenvalue weighted by Gasteiger charge is -2.40. The van der Waals surface area contributed by atoms with Crippen molar-refractivity contribution in [1.29, 1.82) is 0 Å². The second kappa shape index (κ2) is 8.55. The molecule has 1 spiro atoms. The van der Waals surface area contributed by atoms with E-state index >= 15 is 0 Å². The van der Waals surface area contributed by atoms with Gasteiger partial charge in [0.2, 0.25) is 0 Å². The molecule has 1 aliphatic heterocycles. The number of hydrogen-bond donors (Lipinski definition) is 2. The smallest absolute Gasteiger partial charge is 0.327 e. The molecular formula is C22H35N3O5. The topological polar surface area (TPSA) is 105 Å². The van der Waals surface area contributed by atoms with E-state index in [9.17, 15) is 19.2 Å². The summed E-state index contributed by atoms with van der Waals surface area (Å²) in [6.07, 6.45) is 5.94. The van der Waals surface area contributed by atoms with E-state index in [0.29, 0.717) is 18.8 Å². The fourth-order valence-electron chi connectivity index (χ4n) is 4.94. The number of hydrogen-bond acceptors (Lipinski definition) is 5. The van der Waals surface area contributed by atoms with Gasteiger partial charge < -0.3 is 15.4 Å². The Hall–Kier alpha value is -2.12. The molecule has 0 aromatic rings. The Morgan fingerprint density at radius 3 is 2.33 bits per heavy atom. The average molecular weight is 422 g/mol. The minimum absolute atomic E-state index is 0.132. The highest BCUT2D eigenvalue weighted by molar-refractivity contribution is 6.08. The van der Waals surface area contributed by atoms with Gasteiger partial charge in [0, 0.05) is 6.04 Å². The average Bonchev–Trinajstić information content (AvgIpc) is 3.24. The summed E-state index contributed by atoms with van der Waals surface area (Å²) in [6, 6.07) is -0.429. The maximum Gasteiger partial charge on any atom is 0.327 e. The van der Waals surface area contributed by atoms with Crippen LogP contribution >= 0.6 is 0 Å². The molecule has 2 N–H and O–H groups in total. The number of nitrogens with zero attached hydrogens (tertiary/aromatic N) is 1. The van der Waals surface area contributed by atoms with E-state index in [1.807, 2.05) is 0 Å². The molecule has 2 saturated carbocycles. The maximum atomic E-state index is 13.0. The van der Waals surface area contributed by atoms with E-state index in [4.69, 9.17) is 4.74 Å². The second-order valence-electron chi connectivity index (χ2n) is 10.2. The van der Waals surface area contributed by atoms with Gasteiger partial charge in [-0.1, -0.05) is 33.6 Å². The van der Waals surface area contributed by atoms with Crippen molar-refractivity contribution in [3.63, 3.8) is 0 Å². The highest BCUT2D eigenvalue weighted by Gasteiger charge is 2.53. The monoisotopic (exact) mass is 421 g/mol. The molecule has 1 atom stereocenters. The third kappa shape index (κ3) is 4.78. The van der Waals surface area contributed by atoms with Crippen molar-refractivity contribution < 1.29 is 23.9 Å². The summed E-state index contributed by atoms with van der Waals surface area (Å²) in [5, 5.41) is 5.70. The van der Waals surface area contributed by atoms with E-state index < -0.39 is 30.2 Å². The molecule has 8 nitrogen and oxygen atoms in total. The van der Waals surface area contributed by atoms with Crippen LogP contribution in [-0.2, 0) is 19.1 Å². The van der Waals surface area contributed by atoms with Crippen molar-refractivity contribution in [2.45, 2.75) is 96.7 Å². The first-order valence-electron chi connectivity index (χ1n) is 11.2. The first-order chi connectivity index (χ1) is 14.0. The summed E-state index contributed by atoms with van der Waals surface area (Å²) in [4.78, 5) is 50.9. The van der Waals surface area contributed by atoms with Crippen LogP contribution in [0.3, 0.4) is 0 Å². The largest absolute Gasteiger partial charge is 0.451 e. The van der Waals surface area contributed by atoms with Crippen LogP contribution < -0.4 is 10.6 Å². The molecule has 0 bridgehead atoms. The van der Waals surface area contributed by atoms with E-state index in [-0.39, 0.29) is 23.3 Å². The number of esters is 1. The van der Waals surface area contributed by atoms with Crippen LogP contribution in [0.15, 0.2) is 0 Å². The van der Waals surface area contributed by atoms with Gasteiger partial charge in [0.05, 0.1) is 0 Å². The minimum Gasteiger partial charge on any atom is -0.451 e. The van der Waals surface area contributed by atoms with Crippen molar-refractivity contribution in [2.75, 3.05) is 6.54 Å². The first-order valence-corrected chi connectivity index (χ1v) is 11.2. The Labute approximate surface area is 178 Å². The number of carbonyl (C=O) groups excluding carboxylic acids is 4. The van der Waals surface area contributed by atoms with Crippen LogP contribution in [0.25, 0.3) is 0 Å². The molecule has 168 valence electrons. The van der Waals surface area contributed by atoms with Gasteiger partial charge in [0.15, 0.2) is 6.10 Å². The van der Waals surface area contributed by atoms with Gasteiger partial charge in [-0.05, 0) is 56.8 Å². The van der Waals surface area contributed by atoms with Gasteiger partial charge in [0.1, 0.15) is 12.1 Å². The van der Waals surface area contributed by atoms with Crippen molar-refractivity contribution in [2.24, 2.45) is 11.3 Å². The van der Waals surface area contributed by atoms with Gasteiger partial charge in [-0.15, -0.1) is 0 Å². The maximum absolute atomic E-state index is 13.0. The standard InChI is InChI=1S/C22H35N3O5/c1-14(18(27)23-16-7-5-6-8-16)30-17(26)13-25-19(28)22(24-20(25)29)11-9-15(10-12-22)21(2,3)4/h14-16H,5-13H2,1-4H3,(H,23,27)(H,24,29). The molecule has 4 amide bonds.